The van der Waals surface area contributed by atoms with Gasteiger partial charge >= 0.3 is 0 Å². The van der Waals surface area contributed by atoms with E-state index in [9.17, 15) is 4.79 Å². The van der Waals surface area contributed by atoms with Crippen molar-refractivity contribution in [1.82, 2.24) is 9.80 Å². The molecule has 0 spiro atoms. The third-order valence-electron chi connectivity index (χ3n) is 6.36. The highest BCUT2D eigenvalue weighted by Crippen LogP contribution is 2.30. The van der Waals surface area contributed by atoms with E-state index < -0.39 is 0 Å². The molecule has 4 nitrogen and oxygen atoms in total. The van der Waals surface area contributed by atoms with Crippen molar-refractivity contribution in [2.24, 2.45) is 5.92 Å². The topological polar surface area (TPSA) is 32.8 Å². The molecule has 2 aliphatic carbocycles. The van der Waals surface area contributed by atoms with Crippen molar-refractivity contribution >= 4 is 28.5 Å². The van der Waals surface area contributed by atoms with Crippen LogP contribution in [0.4, 0.5) is 0 Å². The third kappa shape index (κ3) is 4.35. The molecule has 1 saturated heterocycles. The summed E-state index contributed by atoms with van der Waals surface area (Å²) in [6.45, 7) is 3.99. The number of ether oxygens (including phenoxy) is 1. The lowest BCUT2D eigenvalue weighted by Gasteiger charge is -2.43. The van der Waals surface area contributed by atoms with Gasteiger partial charge < -0.3 is 9.64 Å². The van der Waals surface area contributed by atoms with Crippen molar-refractivity contribution in [3.05, 3.63) is 27.8 Å². The number of halogens is 1. The molecule has 2 saturated carbocycles. The number of carbonyl (C=O) groups is 1. The van der Waals surface area contributed by atoms with Gasteiger partial charge in [0, 0.05) is 41.7 Å². The summed E-state index contributed by atoms with van der Waals surface area (Å²) in [7, 11) is 0. The second-order valence-electron chi connectivity index (χ2n) is 7.99. The normalized spacial score (nSPS) is 27.8. The smallest absolute Gasteiger partial charge is 0.225 e. The molecule has 3 aliphatic rings. The molecule has 1 heterocycles. The van der Waals surface area contributed by atoms with Crippen molar-refractivity contribution in [2.75, 3.05) is 26.2 Å². The maximum atomic E-state index is 12.9. The molecule has 0 N–H and O–H groups in total. The number of hydrogen-bond acceptors (Lipinski definition) is 3. The molecule has 5 heteroatoms. The van der Waals surface area contributed by atoms with Crippen LogP contribution in [0.5, 0.6) is 5.75 Å². The first-order valence-electron chi connectivity index (χ1n) is 10.1. The van der Waals surface area contributed by atoms with Gasteiger partial charge in [0.25, 0.3) is 0 Å². The number of carbonyl (C=O) groups excluding carboxylic acids is 1. The summed E-state index contributed by atoms with van der Waals surface area (Å²) in [4.78, 5) is 17.6. The number of nitrogens with zero attached hydrogens (tertiary/aromatic N) is 2. The first-order chi connectivity index (χ1) is 12.7. The molecule has 1 amide bonds. The summed E-state index contributed by atoms with van der Waals surface area (Å²) in [5.41, 5.74) is 0. The van der Waals surface area contributed by atoms with Gasteiger partial charge in [0.05, 0.1) is 6.10 Å². The van der Waals surface area contributed by atoms with Gasteiger partial charge in [-0.1, -0.05) is 6.42 Å². The standard InChI is InChI=1S/C21H29IN2O2/c22-17-6-10-20(11-7-17)26-19-8-4-16(5-9-19)21(25)24-14-12-23(13-15-24)18-2-1-3-18/h6-7,10-11,16,18-19H,1-5,8-9,12-15H2/t16-,19-. The zero-order valence-electron chi connectivity index (χ0n) is 15.4. The molecular formula is C21H29IN2O2. The summed E-state index contributed by atoms with van der Waals surface area (Å²) < 4.78 is 7.33. The fourth-order valence-corrected chi connectivity index (χ4v) is 4.81. The highest BCUT2D eigenvalue weighted by atomic mass is 127. The van der Waals surface area contributed by atoms with Gasteiger partial charge in [0.1, 0.15) is 5.75 Å². The summed E-state index contributed by atoms with van der Waals surface area (Å²) in [6.07, 6.45) is 8.28. The minimum absolute atomic E-state index is 0.210. The molecule has 1 aromatic rings. The van der Waals surface area contributed by atoms with Crippen molar-refractivity contribution in [3.8, 4) is 5.75 Å². The molecule has 142 valence electrons. The van der Waals surface area contributed by atoms with Crippen molar-refractivity contribution in [1.29, 1.82) is 0 Å². The van der Waals surface area contributed by atoms with Crippen LogP contribution in [0.15, 0.2) is 24.3 Å². The number of benzene rings is 1. The molecule has 0 bridgehead atoms. The lowest BCUT2D eigenvalue weighted by Crippen LogP contribution is -2.54. The summed E-state index contributed by atoms with van der Waals surface area (Å²) in [5, 5.41) is 0. The monoisotopic (exact) mass is 468 g/mol. The maximum Gasteiger partial charge on any atom is 0.225 e. The highest BCUT2D eigenvalue weighted by molar-refractivity contribution is 14.1. The Balaban J connectivity index is 1.21. The minimum atomic E-state index is 0.210. The van der Waals surface area contributed by atoms with E-state index in [-0.39, 0.29) is 12.0 Å². The SMILES string of the molecule is O=C([C@H]1CC[C@H](Oc2ccc(I)cc2)CC1)N1CCN(C2CCC2)CC1. The Kier molecular flexibility index (Phi) is 6.03. The van der Waals surface area contributed by atoms with Gasteiger partial charge in [-0.2, -0.15) is 0 Å². The second-order valence-corrected chi connectivity index (χ2v) is 9.24. The first kappa shape index (κ1) is 18.5. The average Bonchev–Trinajstić information content (AvgIpc) is 2.63. The largest absolute Gasteiger partial charge is 0.490 e. The summed E-state index contributed by atoms with van der Waals surface area (Å²) >= 11 is 2.31. The number of amides is 1. The summed E-state index contributed by atoms with van der Waals surface area (Å²) in [5.74, 6) is 1.56. The van der Waals surface area contributed by atoms with Crippen LogP contribution in [-0.4, -0.2) is 54.0 Å². The fourth-order valence-electron chi connectivity index (χ4n) is 4.45. The van der Waals surface area contributed by atoms with Crippen LogP contribution >= 0.6 is 22.6 Å². The van der Waals surface area contributed by atoms with Gasteiger partial charge in [-0.15, -0.1) is 0 Å². The minimum Gasteiger partial charge on any atom is -0.490 e. The Labute approximate surface area is 170 Å². The second kappa shape index (κ2) is 8.46. The Morgan fingerprint density at radius 1 is 0.923 bits per heavy atom. The third-order valence-corrected chi connectivity index (χ3v) is 7.08. The molecule has 0 atom stereocenters. The predicted molar refractivity (Wildman–Crippen MR) is 111 cm³/mol. The molecule has 4 rings (SSSR count). The van der Waals surface area contributed by atoms with E-state index in [1.165, 1.54) is 22.8 Å². The quantitative estimate of drug-likeness (QED) is 0.629. The Morgan fingerprint density at radius 2 is 1.58 bits per heavy atom. The molecule has 1 aromatic carbocycles. The van der Waals surface area contributed by atoms with E-state index in [2.05, 4.69) is 44.5 Å². The van der Waals surface area contributed by atoms with Crippen LogP contribution in [0.3, 0.4) is 0 Å². The lowest BCUT2D eigenvalue weighted by atomic mass is 9.86. The Bertz CT molecular complexity index is 601. The van der Waals surface area contributed by atoms with Crippen LogP contribution in [-0.2, 0) is 4.79 Å². The van der Waals surface area contributed by atoms with Crippen LogP contribution in [0.1, 0.15) is 44.9 Å². The Morgan fingerprint density at radius 3 is 2.15 bits per heavy atom. The molecule has 26 heavy (non-hydrogen) atoms. The van der Waals surface area contributed by atoms with Gasteiger partial charge in [0.15, 0.2) is 0 Å². The number of hydrogen-bond donors (Lipinski definition) is 0. The molecular weight excluding hydrogens is 439 g/mol. The van der Waals surface area contributed by atoms with E-state index >= 15 is 0 Å². The van der Waals surface area contributed by atoms with Gasteiger partial charge in [0.2, 0.25) is 5.91 Å². The van der Waals surface area contributed by atoms with E-state index in [0.29, 0.717) is 5.91 Å². The number of piperazine rings is 1. The lowest BCUT2D eigenvalue weighted by molar-refractivity contribution is -0.139. The van der Waals surface area contributed by atoms with Crippen LogP contribution < -0.4 is 4.74 Å². The molecule has 1 aliphatic heterocycles. The molecule has 3 fully saturated rings. The molecule has 0 aromatic heterocycles. The van der Waals surface area contributed by atoms with Crippen molar-refractivity contribution in [3.63, 3.8) is 0 Å². The Hall–Kier alpha value is -0.820. The maximum absolute atomic E-state index is 12.9. The zero-order valence-corrected chi connectivity index (χ0v) is 17.6. The predicted octanol–water partition coefficient (Wildman–Crippen LogP) is 3.93. The van der Waals surface area contributed by atoms with Gasteiger partial charge in [-0.25, -0.2) is 0 Å². The van der Waals surface area contributed by atoms with E-state index in [4.69, 9.17) is 4.74 Å². The van der Waals surface area contributed by atoms with Crippen molar-refractivity contribution in [2.45, 2.75) is 57.1 Å². The van der Waals surface area contributed by atoms with Crippen LogP contribution in [0.2, 0.25) is 0 Å². The van der Waals surface area contributed by atoms with E-state index in [1.807, 2.05) is 12.1 Å². The summed E-state index contributed by atoms with van der Waals surface area (Å²) in [6, 6.07) is 9.05. The van der Waals surface area contributed by atoms with Gasteiger partial charge in [-0.3, -0.25) is 9.69 Å². The first-order valence-corrected chi connectivity index (χ1v) is 11.2. The zero-order chi connectivity index (χ0) is 17.9. The van der Waals surface area contributed by atoms with Crippen molar-refractivity contribution < 1.29 is 9.53 Å². The highest BCUT2D eigenvalue weighted by Gasteiger charge is 2.33. The van der Waals surface area contributed by atoms with Crippen LogP contribution in [0.25, 0.3) is 0 Å². The van der Waals surface area contributed by atoms with E-state index in [1.54, 1.807) is 0 Å². The average molecular weight is 468 g/mol. The van der Waals surface area contributed by atoms with E-state index in [0.717, 1.165) is 63.7 Å². The number of rotatable bonds is 4. The molecule has 0 radical (unpaired) electrons. The van der Waals surface area contributed by atoms with Crippen LogP contribution in [0, 0.1) is 9.49 Å². The molecule has 0 unspecified atom stereocenters. The fraction of sp³-hybridized carbons (Fsp3) is 0.667. The van der Waals surface area contributed by atoms with Gasteiger partial charge in [-0.05, 0) is 85.4 Å².